The molecule has 94 valence electrons. The van der Waals surface area contributed by atoms with E-state index in [1.54, 1.807) is 0 Å². The number of halogens is 1. The summed E-state index contributed by atoms with van der Waals surface area (Å²) >= 11 is 3.49. The molecule has 0 heterocycles. The highest BCUT2D eigenvalue weighted by Gasteiger charge is 2.02. The highest BCUT2D eigenvalue weighted by molar-refractivity contribution is 9.10. The molecule has 0 aliphatic rings. The van der Waals surface area contributed by atoms with Gasteiger partial charge in [-0.3, -0.25) is 0 Å². The van der Waals surface area contributed by atoms with Crippen molar-refractivity contribution in [3.8, 4) is 0 Å². The largest absolute Gasteiger partial charge is 0.379 e. The van der Waals surface area contributed by atoms with Crippen LogP contribution in [-0.2, 0) is 6.54 Å². The summed E-state index contributed by atoms with van der Waals surface area (Å²) in [6.45, 7) is 0.824. The molecule has 2 nitrogen and oxygen atoms in total. The zero-order valence-corrected chi connectivity index (χ0v) is 12.2. The normalized spacial score (nSPS) is 10.2. The summed E-state index contributed by atoms with van der Waals surface area (Å²) in [6, 6.07) is 16.7. The average molecular weight is 305 g/mol. The van der Waals surface area contributed by atoms with Crippen molar-refractivity contribution < 1.29 is 0 Å². The van der Waals surface area contributed by atoms with Crippen LogP contribution in [0.3, 0.4) is 0 Å². The molecule has 0 aliphatic carbocycles. The van der Waals surface area contributed by atoms with Gasteiger partial charge in [-0.15, -0.1) is 0 Å². The molecule has 0 saturated heterocycles. The lowest BCUT2D eigenvalue weighted by molar-refractivity contribution is 1.10. The van der Waals surface area contributed by atoms with Crippen LogP contribution in [0.5, 0.6) is 0 Å². The lowest BCUT2D eigenvalue weighted by Crippen LogP contribution is -2.12. The second-order valence-corrected chi connectivity index (χ2v) is 5.31. The summed E-state index contributed by atoms with van der Waals surface area (Å²) in [6.07, 6.45) is 0. The third-order valence-electron chi connectivity index (χ3n) is 2.76. The molecule has 0 amide bonds. The molecule has 0 radical (unpaired) electrons. The minimum Gasteiger partial charge on any atom is -0.379 e. The Balaban J connectivity index is 2.11. The Morgan fingerprint density at radius 1 is 1.06 bits per heavy atom. The van der Waals surface area contributed by atoms with Crippen LogP contribution >= 0.6 is 15.9 Å². The van der Waals surface area contributed by atoms with Crippen molar-refractivity contribution in [3.63, 3.8) is 0 Å². The van der Waals surface area contributed by atoms with Crippen molar-refractivity contribution in [2.75, 3.05) is 24.3 Å². The molecule has 0 aliphatic heterocycles. The summed E-state index contributed by atoms with van der Waals surface area (Å²) in [4.78, 5) is 2.11. The third kappa shape index (κ3) is 3.26. The van der Waals surface area contributed by atoms with Gasteiger partial charge in [-0.05, 0) is 29.8 Å². The summed E-state index contributed by atoms with van der Waals surface area (Å²) in [5.74, 6) is 0. The Morgan fingerprint density at radius 3 is 2.56 bits per heavy atom. The first-order chi connectivity index (χ1) is 8.66. The van der Waals surface area contributed by atoms with Gasteiger partial charge in [0.05, 0.1) is 11.4 Å². The highest BCUT2D eigenvalue weighted by Crippen LogP contribution is 2.24. The van der Waals surface area contributed by atoms with Gasteiger partial charge in [-0.1, -0.05) is 40.2 Å². The minimum absolute atomic E-state index is 0.824. The fourth-order valence-corrected chi connectivity index (χ4v) is 2.30. The van der Waals surface area contributed by atoms with E-state index in [0.717, 1.165) is 16.7 Å². The maximum atomic E-state index is 3.49. The van der Waals surface area contributed by atoms with Crippen molar-refractivity contribution in [1.29, 1.82) is 0 Å². The number of rotatable bonds is 4. The molecule has 2 aromatic rings. The van der Waals surface area contributed by atoms with Gasteiger partial charge in [-0.25, -0.2) is 0 Å². The molecule has 0 unspecified atom stereocenters. The number of anilines is 2. The molecule has 0 fully saturated rings. The number of para-hydroxylation sites is 2. The van der Waals surface area contributed by atoms with Gasteiger partial charge in [0.1, 0.15) is 0 Å². The Hall–Kier alpha value is -1.48. The third-order valence-corrected chi connectivity index (χ3v) is 3.25. The Labute approximate surface area is 117 Å². The van der Waals surface area contributed by atoms with Gasteiger partial charge >= 0.3 is 0 Å². The van der Waals surface area contributed by atoms with Crippen molar-refractivity contribution >= 4 is 27.3 Å². The van der Waals surface area contributed by atoms with E-state index in [2.05, 4.69) is 82.7 Å². The number of nitrogens with zero attached hydrogens (tertiary/aromatic N) is 1. The SMILES string of the molecule is CN(C)c1ccccc1NCc1cccc(Br)c1. The predicted molar refractivity (Wildman–Crippen MR) is 82.2 cm³/mol. The van der Waals surface area contributed by atoms with Crippen LogP contribution in [0, 0.1) is 0 Å². The van der Waals surface area contributed by atoms with Crippen molar-refractivity contribution in [3.05, 3.63) is 58.6 Å². The summed E-state index contributed by atoms with van der Waals surface area (Å²) in [7, 11) is 4.11. The van der Waals surface area contributed by atoms with E-state index < -0.39 is 0 Å². The second-order valence-electron chi connectivity index (χ2n) is 4.40. The van der Waals surface area contributed by atoms with Gasteiger partial charge in [0.15, 0.2) is 0 Å². The Bertz CT molecular complexity index is 523. The molecular weight excluding hydrogens is 288 g/mol. The summed E-state index contributed by atoms with van der Waals surface area (Å²) in [5.41, 5.74) is 3.62. The van der Waals surface area contributed by atoms with E-state index >= 15 is 0 Å². The smallest absolute Gasteiger partial charge is 0.0596 e. The van der Waals surface area contributed by atoms with Crippen LogP contribution in [0.1, 0.15) is 5.56 Å². The van der Waals surface area contributed by atoms with Crippen LogP contribution in [0.4, 0.5) is 11.4 Å². The van der Waals surface area contributed by atoms with Crippen LogP contribution in [-0.4, -0.2) is 14.1 Å². The zero-order chi connectivity index (χ0) is 13.0. The number of benzene rings is 2. The molecule has 1 N–H and O–H groups in total. The van der Waals surface area contributed by atoms with Crippen molar-refractivity contribution in [2.24, 2.45) is 0 Å². The molecule has 0 aromatic heterocycles. The number of hydrogen-bond donors (Lipinski definition) is 1. The first kappa shape index (κ1) is 13.0. The second kappa shape index (κ2) is 5.91. The first-order valence-electron chi connectivity index (χ1n) is 5.91. The quantitative estimate of drug-likeness (QED) is 0.914. The molecule has 0 bridgehead atoms. The van der Waals surface area contributed by atoms with Crippen LogP contribution < -0.4 is 10.2 Å². The standard InChI is InChI=1S/C15H17BrN2/c1-18(2)15-9-4-3-8-14(15)17-11-12-6-5-7-13(16)10-12/h3-10,17H,11H2,1-2H3. The predicted octanol–water partition coefficient (Wildman–Crippen LogP) is 4.13. The maximum Gasteiger partial charge on any atom is 0.0596 e. The molecule has 18 heavy (non-hydrogen) atoms. The molecule has 2 rings (SSSR count). The first-order valence-corrected chi connectivity index (χ1v) is 6.71. The van der Waals surface area contributed by atoms with Crippen LogP contribution in [0.2, 0.25) is 0 Å². The summed E-state index contributed by atoms with van der Waals surface area (Å²) in [5, 5.41) is 3.48. The van der Waals surface area contributed by atoms with E-state index in [9.17, 15) is 0 Å². The topological polar surface area (TPSA) is 15.3 Å². The number of hydrogen-bond acceptors (Lipinski definition) is 2. The molecule has 3 heteroatoms. The molecular formula is C15H17BrN2. The van der Waals surface area contributed by atoms with Gasteiger partial charge in [0, 0.05) is 25.1 Å². The highest BCUT2D eigenvalue weighted by atomic mass is 79.9. The van der Waals surface area contributed by atoms with E-state index in [0.29, 0.717) is 0 Å². The average Bonchev–Trinajstić information content (AvgIpc) is 2.37. The fraction of sp³-hybridized carbons (Fsp3) is 0.200. The zero-order valence-electron chi connectivity index (χ0n) is 10.7. The van der Waals surface area contributed by atoms with Gasteiger partial charge < -0.3 is 10.2 Å². The van der Waals surface area contributed by atoms with Crippen molar-refractivity contribution in [2.45, 2.75) is 6.54 Å². The van der Waals surface area contributed by atoms with Crippen LogP contribution in [0.25, 0.3) is 0 Å². The molecule has 0 spiro atoms. The minimum atomic E-state index is 0.824. The molecule has 0 saturated carbocycles. The van der Waals surface area contributed by atoms with E-state index in [1.165, 1.54) is 11.3 Å². The van der Waals surface area contributed by atoms with Gasteiger partial charge in [0.2, 0.25) is 0 Å². The number of nitrogens with one attached hydrogen (secondary N) is 1. The Kier molecular flexibility index (Phi) is 4.26. The van der Waals surface area contributed by atoms with Crippen LogP contribution in [0.15, 0.2) is 53.0 Å². The van der Waals surface area contributed by atoms with E-state index in [4.69, 9.17) is 0 Å². The maximum absolute atomic E-state index is 3.49. The summed E-state index contributed by atoms with van der Waals surface area (Å²) < 4.78 is 1.11. The fourth-order valence-electron chi connectivity index (χ4n) is 1.86. The molecule has 2 aromatic carbocycles. The van der Waals surface area contributed by atoms with Gasteiger partial charge in [-0.2, -0.15) is 0 Å². The lowest BCUT2D eigenvalue weighted by atomic mass is 10.2. The van der Waals surface area contributed by atoms with Gasteiger partial charge in [0.25, 0.3) is 0 Å². The van der Waals surface area contributed by atoms with Crippen molar-refractivity contribution in [1.82, 2.24) is 0 Å². The lowest BCUT2D eigenvalue weighted by Gasteiger charge is -2.18. The molecule has 0 atom stereocenters. The Morgan fingerprint density at radius 2 is 1.83 bits per heavy atom. The van der Waals surface area contributed by atoms with E-state index in [1.807, 2.05) is 6.07 Å². The van der Waals surface area contributed by atoms with E-state index in [-0.39, 0.29) is 0 Å². The monoisotopic (exact) mass is 304 g/mol.